The Kier molecular flexibility index (Phi) is 3.55. The van der Waals surface area contributed by atoms with E-state index in [-0.39, 0.29) is 0 Å². The van der Waals surface area contributed by atoms with Gasteiger partial charge in [0.15, 0.2) is 0 Å². The van der Waals surface area contributed by atoms with Gasteiger partial charge in [-0.15, -0.1) is 0 Å². The summed E-state index contributed by atoms with van der Waals surface area (Å²) in [4.78, 5) is 16.3. The third-order valence-corrected chi connectivity index (χ3v) is 4.21. The number of likely N-dealkylation sites (tertiary alicyclic amines) is 2. The molecule has 2 saturated heterocycles. The van der Waals surface area contributed by atoms with Crippen molar-refractivity contribution in [3.8, 4) is 0 Å². The lowest BCUT2D eigenvalue weighted by Crippen LogP contribution is -2.48. The van der Waals surface area contributed by atoms with Crippen LogP contribution in [0.1, 0.15) is 24.8 Å². The van der Waals surface area contributed by atoms with Gasteiger partial charge in [0.05, 0.1) is 19.3 Å². The highest BCUT2D eigenvalue weighted by Gasteiger charge is 2.29. The largest absolute Gasteiger partial charge is 0.341 e. The Morgan fingerprint density at radius 1 is 1.37 bits per heavy atom. The Morgan fingerprint density at radius 2 is 2.21 bits per heavy atom. The number of nitrogens with zero attached hydrogens (tertiary/aromatic N) is 4. The van der Waals surface area contributed by atoms with Crippen LogP contribution < -0.4 is 0 Å². The maximum atomic E-state index is 12.0. The standard InChI is InChI=1S/C14H22N4O/c1-12-8-15-18(9-12)10-13-4-2-5-17(13)11-14(19)16-6-3-7-16/h8-9,13H,2-7,10-11H2,1H3. The van der Waals surface area contributed by atoms with Crippen molar-refractivity contribution in [1.82, 2.24) is 19.6 Å². The maximum Gasteiger partial charge on any atom is 0.236 e. The van der Waals surface area contributed by atoms with Crippen LogP contribution in [0.25, 0.3) is 0 Å². The number of carbonyl (C=O) groups excluding carboxylic acids is 1. The van der Waals surface area contributed by atoms with E-state index in [0.717, 1.165) is 26.2 Å². The molecule has 3 heterocycles. The van der Waals surface area contributed by atoms with Crippen LogP contribution in [0, 0.1) is 6.92 Å². The summed E-state index contributed by atoms with van der Waals surface area (Å²) in [7, 11) is 0. The maximum absolute atomic E-state index is 12.0. The Balaban J connectivity index is 1.56. The highest BCUT2D eigenvalue weighted by atomic mass is 16.2. The van der Waals surface area contributed by atoms with E-state index in [1.807, 2.05) is 15.8 Å². The lowest BCUT2D eigenvalue weighted by Gasteiger charge is -2.33. The van der Waals surface area contributed by atoms with Gasteiger partial charge in [-0.05, 0) is 38.3 Å². The van der Waals surface area contributed by atoms with Crippen LogP contribution in [0.3, 0.4) is 0 Å². The van der Waals surface area contributed by atoms with E-state index in [9.17, 15) is 4.79 Å². The van der Waals surface area contributed by atoms with Gasteiger partial charge >= 0.3 is 0 Å². The quantitative estimate of drug-likeness (QED) is 0.809. The number of rotatable bonds is 4. The fourth-order valence-corrected chi connectivity index (χ4v) is 2.93. The lowest BCUT2D eigenvalue weighted by atomic mass is 10.2. The van der Waals surface area contributed by atoms with Crippen LogP contribution >= 0.6 is 0 Å². The summed E-state index contributed by atoms with van der Waals surface area (Å²) in [6.45, 7) is 6.51. The number of hydrogen-bond donors (Lipinski definition) is 0. The van der Waals surface area contributed by atoms with Crippen molar-refractivity contribution >= 4 is 5.91 Å². The summed E-state index contributed by atoms with van der Waals surface area (Å²) in [5, 5.41) is 4.35. The van der Waals surface area contributed by atoms with E-state index in [2.05, 4.69) is 23.1 Å². The molecule has 0 radical (unpaired) electrons. The second-order valence-electron chi connectivity index (χ2n) is 5.74. The zero-order chi connectivity index (χ0) is 13.2. The number of hydrogen-bond acceptors (Lipinski definition) is 3. The molecule has 5 heteroatoms. The average molecular weight is 262 g/mol. The van der Waals surface area contributed by atoms with Crippen molar-refractivity contribution in [2.75, 3.05) is 26.2 Å². The molecule has 2 aliphatic heterocycles. The Hall–Kier alpha value is -1.36. The van der Waals surface area contributed by atoms with Crippen molar-refractivity contribution < 1.29 is 4.79 Å². The summed E-state index contributed by atoms with van der Waals surface area (Å²) in [5.74, 6) is 0.301. The van der Waals surface area contributed by atoms with Gasteiger partial charge in [-0.25, -0.2) is 0 Å². The molecule has 2 fully saturated rings. The van der Waals surface area contributed by atoms with Crippen molar-refractivity contribution in [2.45, 2.75) is 38.8 Å². The molecule has 0 aromatic carbocycles. The molecule has 19 heavy (non-hydrogen) atoms. The SMILES string of the molecule is Cc1cnn(CC2CCCN2CC(=O)N2CCC2)c1. The summed E-state index contributed by atoms with van der Waals surface area (Å²) in [6.07, 6.45) is 7.50. The predicted molar refractivity (Wildman–Crippen MR) is 72.8 cm³/mol. The average Bonchev–Trinajstić information content (AvgIpc) is 2.87. The van der Waals surface area contributed by atoms with E-state index in [1.165, 1.54) is 24.8 Å². The first-order chi connectivity index (χ1) is 9.22. The molecule has 104 valence electrons. The summed E-state index contributed by atoms with van der Waals surface area (Å²) in [6, 6.07) is 0.463. The highest BCUT2D eigenvalue weighted by Crippen LogP contribution is 2.19. The molecule has 0 spiro atoms. The van der Waals surface area contributed by atoms with Gasteiger partial charge in [0, 0.05) is 25.3 Å². The molecule has 0 saturated carbocycles. The Bertz CT molecular complexity index is 452. The zero-order valence-corrected chi connectivity index (χ0v) is 11.6. The second kappa shape index (κ2) is 5.33. The van der Waals surface area contributed by atoms with E-state index in [1.54, 1.807) is 0 Å². The van der Waals surface area contributed by atoms with Crippen LogP contribution in [0.4, 0.5) is 0 Å². The molecule has 1 atom stereocenters. The smallest absolute Gasteiger partial charge is 0.236 e. The molecular formula is C14H22N4O. The normalized spacial score (nSPS) is 23.6. The van der Waals surface area contributed by atoms with Gasteiger partial charge in [0.25, 0.3) is 0 Å². The molecule has 0 aliphatic carbocycles. The van der Waals surface area contributed by atoms with Gasteiger partial charge < -0.3 is 4.90 Å². The van der Waals surface area contributed by atoms with Crippen molar-refractivity contribution in [3.63, 3.8) is 0 Å². The highest BCUT2D eigenvalue weighted by molar-refractivity contribution is 5.79. The van der Waals surface area contributed by atoms with Crippen molar-refractivity contribution in [2.24, 2.45) is 0 Å². The number of aryl methyl sites for hydroxylation is 1. The number of amides is 1. The second-order valence-corrected chi connectivity index (χ2v) is 5.74. The minimum atomic E-state index is 0.301. The van der Waals surface area contributed by atoms with Crippen LogP contribution in [0.15, 0.2) is 12.4 Å². The number of carbonyl (C=O) groups is 1. The minimum absolute atomic E-state index is 0.301. The lowest BCUT2D eigenvalue weighted by molar-refractivity contribution is -0.136. The molecule has 1 unspecified atom stereocenters. The van der Waals surface area contributed by atoms with E-state index in [0.29, 0.717) is 18.5 Å². The van der Waals surface area contributed by atoms with Gasteiger partial charge in [-0.3, -0.25) is 14.4 Å². The predicted octanol–water partition coefficient (Wildman–Crippen LogP) is 0.888. The molecule has 2 aliphatic rings. The third kappa shape index (κ3) is 2.81. The monoisotopic (exact) mass is 262 g/mol. The van der Waals surface area contributed by atoms with Gasteiger partial charge in [-0.2, -0.15) is 5.10 Å². The van der Waals surface area contributed by atoms with E-state index >= 15 is 0 Å². The molecule has 5 nitrogen and oxygen atoms in total. The summed E-state index contributed by atoms with van der Waals surface area (Å²) in [5.41, 5.74) is 1.20. The fourth-order valence-electron chi connectivity index (χ4n) is 2.93. The van der Waals surface area contributed by atoms with Gasteiger partial charge in [-0.1, -0.05) is 0 Å². The van der Waals surface area contributed by atoms with Crippen molar-refractivity contribution in [1.29, 1.82) is 0 Å². The van der Waals surface area contributed by atoms with Gasteiger partial charge in [0.2, 0.25) is 5.91 Å². The molecule has 1 aromatic heterocycles. The zero-order valence-electron chi connectivity index (χ0n) is 11.6. The molecule has 0 N–H and O–H groups in total. The summed E-state index contributed by atoms with van der Waals surface area (Å²) < 4.78 is 2.01. The fraction of sp³-hybridized carbons (Fsp3) is 0.714. The van der Waals surface area contributed by atoms with Crippen LogP contribution in [-0.4, -0.2) is 57.7 Å². The first kappa shape index (κ1) is 12.7. The molecule has 3 rings (SSSR count). The van der Waals surface area contributed by atoms with E-state index < -0.39 is 0 Å². The molecule has 1 aromatic rings. The van der Waals surface area contributed by atoms with Crippen LogP contribution in [0.2, 0.25) is 0 Å². The molecule has 0 bridgehead atoms. The Labute approximate surface area is 114 Å². The minimum Gasteiger partial charge on any atom is -0.341 e. The first-order valence-electron chi connectivity index (χ1n) is 7.23. The molecular weight excluding hydrogens is 240 g/mol. The topological polar surface area (TPSA) is 41.4 Å². The first-order valence-corrected chi connectivity index (χ1v) is 7.23. The van der Waals surface area contributed by atoms with Gasteiger partial charge in [0.1, 0.15) is 0 Å². The summed E-state index contributed by atoms with van der Waals surface area (Å²) >= 11 is 0. The number of aromatic nitrogens is 2. The van der Waals surface area contributed by atoms with Crippen LogP contribution in [-0.2, 0) is 11.3 Å². The molecule has 1 amide bonds. The third-order valence-electron chi connectivity index (χ3n) is 4.21. The van der Waals surface area contributed by atoms with Crippen molar-refractivity contribution in [3.05, 3.63) is 18.0 Å². The van der Waals surface area contributed by atoms with E-state index in [4.69, 9.17) is 0 Å². The van der Waals surface area contributed by atoms with Crippen LogP contribution in [0.5, 0.6) is 0 Å². The Morgan fingerprint density at radius 3 is 2.84 bits per heavy atom.